The third-order valence-electron chi connectivity index (χ3n) is 5.61. The van der Waals surface area contributed by atoms with E-state index in [0.717, 1.165) is 60.2 Å². The van der Waals surface area contributed by atoms with E-state index in [-0.39, 0.29) is 18.3 Å². The van der Waals surface area contributed by atoms with Crippen LogP contribution in [0, 0.1) is 13.8 Å². The highest BCUT2D eigenvalue weighted by Crippen LogP contribution is 2.29. The Balaban J connectivity index is 0.00000272. The summed E-state index contributed by atoms with van der Waals surface area (Å²) in [5, 5.41) is 0.799. The number of morpholine rings is 1. The Labute approximate surface area is 194 Å². The maximum Gasteiger partial charge on any atom is 0.233 e. The molecule has 1 aliphatic heterocycles. The van der Waals surface area contributed by atoms with Crippen molar-refractivity contribution in [2.75, 3.05) is 44.3 Å². The zero-order chi connectivity index (χ0) is 20.9. The fourth-order valence-electron chi connectivity index (χ4n) is 3.88. The van der Waals surface area contributed by atoms with E-state index in [9.17, 15) is 4.79 Å². The van der Waals surface area contributed by atoms with Crippen LogP contribution in [0.1, 0.15) is 23.1 Å². The van der Waals surface area contributed by atoms with Crippen molar-refractivity contribution in [3.63, 3.8) is 0 Å². The Morgan fingerprint density at radius 3 is 2.68 bits per heavy atom. The number of carbonyl (C=O) groups is 1. The molecular weight excluding hydrogens is 430 g/mol. The van der Waals surface area contributed by atoms with Gasteiger partial charge in [0.1, 0.15) is 0 Å². The number of thiazole rings is 1. The number of halogens is 1. The summed E-state index contributed by atoms with van der Waals surface area (Å²) < 4.78 is 6.56. The molecule has 1 fully saturated rings. The molecule has 31 heavy (non-hydrogen) atoms. The van der Waals surface area contributed by atoms with Crippen molar-refractivity contribution in [3.05, 3.63) is 59.2 Å². The molecule has 1 aliphatic rings. The fourth-order valence-corrected chi connectivity index (χ4v) is 4.89. The van der Waals surface area contributed by atoms with Gasteiger partial charge >= 0.3 is 0 Å². The second kappa shape index (κ2) is 11.0. The highest BCUT2D eigenvalue weighted by Gasteiger charge is 2.21. The van der Waals surface area contributed by atoms with Gasteiger partial charge in [-0.15, -0.1) is 12.4 Å². The largest absolute Gasteiger partial charge is 0.379 e. The highest BCUT2D eigenvalue weighted by atomic mass is 35.5. The molecule has 0 bridgehead atoms. The second-order valence-electron chi connectivity index (χ2n) is 7.92. The summed E-state index contributed by atoms with van der Waals surface area (Å²) in [5.41, 5.74) is 4.43. The van der Waals surface area contributed by atoms with Crippen LogP contribution in [-0.4, -0.2) is 55.2 Å². The molecule has 0 aliphatic carbocycles. The standard InChI is InChI=1S/C24H29N3O2S.ClH/c1-18-8-9-20(19(2)16-18)17-23(28)27(11-5-10-26-12-14-29-15-13-26)24-25-21-6-3-4-7-22(21)30-24;/h3-4,6-9,16H,5,10-15,17H2,1-2H3;1H. The minimum atomic E-state index is 0. The normalized spacial score (nSPS) is 14.4. The lowest BCUT2D eigenvalue weighted by Gasteiger charge is -2.27. The van der Waals surface area contributed by atoms with E-state index in [4.69, 9.17) is 9.72 Å². The van der Waals surface area contributed by atoms with Crippen LogP contribution in [0.4, 0.5) is 5.13 Å². The Morgan fingerprint density at radius 1 is 1.16 bits per heavy atom. The van der Waals surface area contributed by atoms with Gasteiger partial charge in [-0.2, -0.15) is 0 Å². The molecule has 0 radical (unpaired) electrons. The Morgan fingerprint density at radius 2 is 1.94 bits per heavy atom. The predicted molar refractivity (Wildman–Crippen MR) is 131 cm³/mol. The van der Waals surface area contributed by atoms with Crippen LogP contribution in [0.15, 0.2) is 42.5 Å². The summed E-state index contributed by atoms with van der Waals surface area (Å²) in [6, 6.07) is 14.4. The molecule has 3 aromatic rings. The minimum absolute atomic E-state index is 0. The number of rotatable bonds is 7. The van der Waals surface area contributed by atoms with Crippen LogP contribution in [0.2, 0.25) is 0 Å². The van der Waals surface area contributed by atoms with E-state index in [2.05, 4.69) is 43.0 Å². The van der Waals surface area contributed by atoms with Crippen LogP contribution >= 0.6 is 23.7 Å². The van der Waals surface area contributed by atoms with Crippen molar-refractivity contribution in [1.82, 2.24) is 9.88 Å². The molecule has 5 nitrogen and oxygen atoms in total. The molecule has 2 heterocycles. The average molecular weight is 460 g/mol. The first kappa shape index (κ1) is 23.7. The first-order valence-electron chi connectivity index (χ1n) is 10.6. The van der Waals surface area contributed by atoms with Gasteiger partial charge in [0.25, 0.3) is 0 Å². The monoisotopic (exact) mass is 459 g/mol. The quantitative estimate of drug-likeness (QED) is 0.516. The van der Waals surface area contributed by atoms with Crippen LogP contribution in [0.5, 0.6) is 0 Å². The molecule has 0 saturated carbocycles. The first-order valence-corrected chi connectivity index (χ1v) is 11.4. The molecule has 0 N–H and O–H groups in total. The van der Waals surface area contributed by atoms with Gasteiger partial charge in [0.05, 0.1) is 29.9 Å². The lowest BCUT2D eigenvalue weighted by atomic mass is 10.0. The topological polar surface area (TPSA) is 45.7 Å². The number of ether oxygens (including phenoxy) is 1. The summed E-state index contributed by atoms with van der Waals surface area (Å²) in [7, 11) is 0. The number of carbonyl (C=O) groups excluding carboxylic acids is 1. The van der Waals surface area contributed by atoms with Crippen molar-refractivity contribution in [3.8, 4) is 0 Å². The van der Waals surface area contributed by atoms with E-state index in [1.807, 2.05) is 23.1 Å². The Hall–Kier alpha value is -1.99. The molecule has 0 atom stereocenters. The first-order chi connectivity index (χ1) is 14.6. The van der Waals surface area contributed by atoms with Crippen molar-refractivity contribution < 1.29 is 9.53 Å². The van der Waals surface area contributed by atoms with Gasteiger partial charge in [-0.25, -0.2) is 4.98 Å². The lowest BCUT2D eigenvalue weighted by Crippen LogP contribution is -2.39. The van der Waals surface area contributed by atoms with Crippen molar-refractivity contribution in [1.29, 1.82) is 0 Å². The zero-order valence-corrected chi connectivity index (χ0v) is 19.8. The van der Waals surface area contributed by atoms with Crippen molar-refractivity contribution in [2.24, 2.45) is 0 Å². The third-order valence-corrected chi connectivity index (χ3v) is 6.67. The minimum Gasteiger partial charge on any atom is -0.379 e. The number of fused-ring (bicyclic) bond motifs is 1. The third kappa shape index (κ3) is 6.04. The maximum atomic E-state index is 13.4. The summed E-state index contributed by atoms with van der Waals surface area (Å²) in [6.45, 7) is 9.35. The lowest BCUT2D eigenvalue weighted by molar-refractivity contribution is -0.118. The molecule has 7 heteroatoms. The van der Waals surface area contributed by atoms with Gasteiger partial charge < -0.3 is 4.74 Å². The number of amides is 1. The number of anilines is 1. The van der Waals surface area contributed by atoms with Crippen molar-refractivity contribution >= 4 is 45.0 Å². The van der Waals surface area contributed by atoms with Gasteiger partial charge in [-0.1, -0.05) is 47.2 Å². The molecule has 0 unspecified atom stereocenters. The molecule has 1 aromatic heterocycles. The number of para-hydroxylation sites is 1. The van der Waals surface area contributed by atoms with E-state index >= 15 is 0 Å². The molecule has 2 aromatic carbocycles. The van der Waals surface area contributed by atoms with Crippen LogP contribution < -0.4 is 4.90 Å². The number of hydrogen-bond acceptors (Lipinski definition) is 5. The number of aromatic nitrogens is 1. The number of hydrogen-bond donors (Lipinski definition) is 0. The number of nitrogens with zero attached hydrogens (tertiary/aromatic N) is 3. The molecule has 1 amide bonds. The van der Waals surface area contributed by atoms with Gasteiger partial charge in [0.2, 0.25) is 5.91 Å². The average Bonchev–Trinajstić information content (AvgIpc) is 3.17. The number of aryl methyl sites for hydroxylation is 2. The van der Waals surface area contributed by atoms with E-state index < -0.39 is 0 Å². The van der Waals surface area contributed by atoms with Crippen LogP contribution in [0.25, 0.3) is 10.2 Å². The van der Waals surface area contributed by atoms with Gasteiger partial charge in [0.15, 0.2) is 5.13 Å². The second-order valence-corrected chi connectivity index (χ2v) is 8.93. The van der Waals surface area contributed by atoms with Gasteiger partial charge in [0, 0.05) is 26.2 Å². The fraction of sp³-hybridized carbons (Fsp3) is 0.417. The smallest absolute Gasteiger partial charge is 0.233 e. The number of benzene rings is 2. The Bertz CT molecular complexity index is 984. The molecule has 1 saturated heterocycles. The van der Waals surface area contributed by atoms with Crippen molar-refractivity contribution in [2.45, 2.75) is 26.7 Å². The van der Waals surface area contributed by atoms with E-state index in [0.29, 0.717) is 13.0 Å². The highest BCUT2D eigenvalue weighted by molar-refractivity contribution is 7.22. The van der Waals surface area contributed by atoms with E-state index in [1.165, 1.54) is 11.1 Å². The molecule has 166 valence electrons. The summed E-state index contributed by atoms with van der Waals surface area (Å²) in [4.78, 5) is 22.4. The molecular formula is C24H30ClN3O2S. The summed E-state index contributed by atoms with van der Waals surface area (Å²) in [5.74, 6) is 0.114. The Kier molecular flexibility index (Phi) is 8.43. The van der Waals surface area contributed by atoms with E-state index in [1.54, 1.807) is 11.3 Å². The van der Waals surface area contributed by atoms with Gasteiger partial charge in [-0.05, 0) is 43.5 Å². The van der Waals surface area contributed by atoms with Crippen LogP contribution in [-0.2, 0) is 16.0 Å². The zero-order valence-electron chi connectivity index (χ0n) is 18.2. The SMILES string of the molecule is Cc1ccc(CC(=O)N(CCCN2CCOCC2)c2nc3ccccc3s2)c(C)c1.Cl. The summed E-state index contributed by atoms with van der Waals surface area (Å²) >= 11 is 1.60. The van der Waals surface area contributed by atoms with Gasteiger partial charge in [-0.3, -0.25) is 14.6 Å². The predicted octanol–water partition coefficient (Wildman–Crippen LogP) is 4.63. The maximum absolute atomic E-state index is 13.4. The summed E-state index contributed by atoms with van der Waals surface area (Å²) in [6.07, 6.45) is 1.33. The molecule has 4 rings (SSSR count). The van der Waals surface area contributed by atoms with Crippen LogP contribution in [0.3, 0.4) is 0 Å². The molecule has 0 spiro atoms.